The summed E-state index contributed by atoms with van der Waals surface area (Å²) in [6.45, 7) is -3.45. The van der Waals surface area contributed by atoms with Crippen molar-refractivity contribution in [2.75, 3.05) is 6.61 Å². The van der Waals surface area contributed by atoms with Gasteiger partial charge in [-0.25, -0.2) is 0 Å². The van der Waals surface area contributed by atoms with E-state index in [-0.39, 0.29) is 6.61 Å². The third-order valence-electron chi connectivity index (χ3n) is 1.93. The normalized spacial score (nSPS) is 12.5. The number of benzene rings is 1. The highest BCUT2D eigenvalue weighted by Gasteiger charge is 2.17. The van der Waals surface area contributed by atoms with Gasteiger partial charge in [-0.05, 0) is 5.56 Å². The minimum absolute atomic E-state index is 0.0576. The monoisotopic (exact) mass is 245 g/mol. The minimum atomic E-state index is -2.94. The third-order valence-corrected chi connectivity index (χ3v) is 1.93. The molecule has 4 nitrogen and oxygen atoms in total. The summed E-state index contributed by atoms with van der Waals surface area (Å²) in [4.78, 5) is 11.3. The van der Waals surface area contributed by atoms with E-state index < -0.39 is 25.2 Å². The highest BCUT2D eigenvalue weighted by Crippen LogP contribution is 2.02. The van der Waals surface area contributed by atoms with Crippen molar-refractivity contribution in [3.05, 3.63) is 35.9 Å². The molecule has 0 aliphatic rings. The predicted molar refractivity (Wildman–Crippen MR) is 56.2 cm³/mol. The average molecular weight is 245 g/mol. The SMILES string of the molecule is NC(COC(F)F)C(=O)OCc1ccccc1. The zero-order valence-electron chi connectivity index (χ0n) is 9.01. The highest BCUT2D eigenvalue weighted by molar-refractivity contribution is 5.75. The molecule has 0 spiro atoms. The summed E-state index contributed by atoms with van der Waals surface area (Å²) in [7, 11) is 0. The molecule has 0 aliphatic carbocycles. The van der Waals surface area contributed by atoms with Crippen LogP contribution in [0.15, 0.2) is 30.3 Å². The molecular weight excluding hydrogens is 232 g/mol. The van der Waals surface area contributed by atoms with Crippen LogP contribution in [-0.4, -0.2) is 25.2 Å². The number of ether oxygens (including phenoxy) is 2. The smallest absolute Gasteiger partial charge is 0.345 e. The van der Waals surface area contributed by atoms with Crippen LogP contribution in [0, 0.1) is 0 Å². The van der Waals surface area contributed by atoms with Gasteiger partial charge in [-0.3, -0.25) is 4.79 Å². The summed E-state index contributed by atoms with van der Waals surface area (Å²) in [6, 6.07) is 7.76. The summed E-state index contributed by atoms with van der Waals surface area (Å²) in [6.07, 6.45) is 0. The van der Waals surface area contributed by atoms with Gasteiger partial charge in [0.1, 0.15) is 12.6 Å². The summed E-state index contributed by atoms with van der Waals surface area (Å²) < 4.78 is 32.1. The lowest BCUT2D eigenvalue weighted by Gasteiger charge is -2.11. The maximum Gasteiger partial charge on any atom is 0.345 e. The fourth-order valence-electron chi connectivity index (χ4n) is 1.08. The van der Waals surface area contributed by atoms with E-state index in [1.54, 1.807) is 24.3 Å². The maximum absolute atomic E-state index is 11.7. The van der Waals surface area contributed by atoms with Crippen molar-refractivity contribution in [1.82, 2.24) is 0 Å². The van der Waals surface area contributed by atoms with E-state index in [1.165, 1.54) is 0 Å². The first-order valence-corrected chi connectivity index (χ1v) is 4.95. The van der Waals surface area contributed by atoms with Crippen LogP contribution >= 0.6 is 0 Å². The maximum atomic E-state index is 11.7. The van der Waals surface area contributed by atoms with Gasteiger partial charge in [-0.1, -0.05) is 30.3 Å². The summed E-state index contributed by atoms with van der Waals surface area (Å²) in [5.41, 5.74) is 6.09. The zero-order valence-corrected chi connectivity index (χ0v) is 9.01. The molecule has 94 valence electrons. The fourth-order valence-corrected chi connectivity index (χ4v) is 1.08. The van der Waals surface area contributed by atoms with Crippen molar-refractivity contribution in [3.8, 4) is 0 Å². The second kappa shape index (κ2) is 6.93. The molecule has 0 amide bonds. The van der Waals surface area contributed by atoms with Crippen LogP contribution in [-0.2, 0) is 20.9 Å². The highest BCUT2D eigenvalue weighted by atomic mass is 19.3. The Kier molecular flexibility index (Phi) is 5.51. The van der Waals surface area contributed by atoms with E-state index in [4.69, 9.17) is 10.5 Å². The summed E-state index contributed by atoms with van der Waals surface area (Å²) >= 11 is 0. The number of carbonyl (C=O) groups excluding carboxylic acids is 1. The first-order valence-electron chi connectivity index (χ1n) is 4.95. The van der Waals surface area contributed by atoms with Crippen LogP contribution in [0.5, 0.6) is 0 Å². The molecule has 0 bridgehead atoms. The molecule has 1 aromatic rings. The quantitative estimate of drug-likeness (QED) is 0.767. The molecule has 1 unspecified atom stereocenters. The van der Waals surface area contributed by atoms with E-state index in [0.717, 1.165) is 5.56 Å². The lowest BCUT2D eigenvalue weighted by molar-refractivity contribution is -0.157. The average Bonchev–Trinajstić information content (AvgIpc) is 2.34. The van der Waals surface area contributed by atoms with Crippen LogP contribution in [0.2, 0.25) is 0 Å². The van der Waals surface area contributed by atoms with Crippen LogP contribution in [0.3, 0.4) is 0 Å². The Morgan fingerprint density at radius 3 is 2.53 bits per heavy atom. The predicted octanol–water partition coefficient (Wildman–Crippen LogP) is 1.30. The standard InChI is InChI=1S/C11H13F2NO3/c12-11(13)17-7-9(14)10(15)16-6-8-4-2-1-3-5-8/h1-5,9,11H,6-7,14H2. The molecule has 1 aromatic carbocycles. The van der Waals surface area contributed by atoms with Gasteiger partial charge in [0.15, 0.2) is 0 Å². The first kappa shape index (κ1) is 13.5. The molecule has 17 heavy (non-hydrogen) atoms. The number of nitrogens with two attached hydrogens (primary N) is 1. The Balaban J connectivity index is 2.29. The number of esters is 1. The Hall–Kier alpha value is -1.53. The van der Waals surface area contributed by atoms with Gasteiger partial charge in [0.05, 0.1) is 6.61 Å². The first-order chi connectivity index (χ1) is 8.09. The van der Waals surface area contributed by atoms with Crippen LogP contribution in [0.4, 0.5) is 8.78 Å². The lowest BCUT2D eigenvalue weighted by Crippen LogP contribution is -2.37. The Labute approximate surface area is 97.3 Å². The van der Waals surface area contributed by atoms with Crippen molar-refractivity contribution >= 4 is 5.97 Å². The largest absolute Gasteiger partial charge is 0.460 e. The topological polar surface area (TPSA) is 61.5 Å². The Bertz CT molecular complexity index is 346. The number of halogens is 2. The van der Waals surface area contributed by atoms with Crippen LogP contribution in [0.25, 0.3) is 0 Å². The molecule has 1 rings (SSSR count). The zero-order chi connectivity index (χ0) is 12.7. The van der Waals surface area contributed by atoms with Crippen LogP contribution < -0.4 is 5.73 Å². The molecule has 0 aromatic heterocycles. The fraction of sp³-hybridized carbons (Fsp3) is 0.364. The summed E-state index contributed by atoms with van der Waals surface area (Å²) in [5.74, 6) is -0.769. The minimum Gasteiger partial charge on any atom is -0.460 e. The van der Waals surface area contributed by atoms with Crippen molar-refractivity contribution in [1.29, 1.82) is 0 Å². The van der Waals surface area contributed by atoms with Gasteiger partial charge in [0.2, 0.25) is 0 Å². The van der Waals surface area contributed by atoms with E-state index in [0.29, 0.717) is 0 Å². The van der Waals surface area contributed by atoms with E-state index in [2.05, 4.69) is 4.74 Å². The Morgan fingerprint density at radius 1 is 1.29 bits per heavy atom. The second-order valence-corrected chi connectivity index (χ2v) is 3.29. The van der Waals surface area contributed by atoms with E-state index >= 15 is 0 Å². The molecule has 6 heteroatoms. The van der Waals surface area contributed by atoms with Gasteiger partial charge in [-0.15, -0.1) is 0 Å². The molecule has 1 atom stereocenters. The summed E-state index contributed by atoms with van der Waals surface area (Å²) in [5, 5.41) is 0. The molecule has 0 aliphatic heterocycles. The van der Waals surface area contributed by atoms with Gasteiger partial charge < -0.3 is 15.2 Å². The van der Waals surface area contributed by atoms with Crippen molar-refractivity contribution in [2.45, 2.75) is 19.3 Å². The number of hydrogen-bond acceptors (Lipinski definition) is 4. The van der Waals surface area contributed by atoms with E-state index in [1.807, 2.05) is 6.07 Å². The van der Waals surface area contributed by atoms with Crippen molar-refractivity contribution in [2.24, 2.45) is 5.73 Å². The molecule has 0 saturated carbocycles. The van der Waals surface area contributed by atoms with Gasteiger partial charge >= 0.3 is 12.6 Å². The van der Waals surface area contributed by atoms with Crippen molar-refractivity contribution in [3.63, 3.8) is 0 Å². The number of rotatable bonds is 6. The van der Waals surface area contributed by atoms with Gasteiger partial charge in [-0.2, -0.15) is 8.78 Å². The molecule has 0 fully saturated rings. The Morgan fingerprint density at radius 2 is 1.94 bits per heavy atom. The van der Waals surface area contributed by atoms with Gasteiger partial charge in [0.25, 0.3) is 0 Å². The lowest BCUT2D eigenvalue weighted by atomic mass is 10.2. The molecule has 0 radical (unpaired) electrons. The molecule has 0 heterocycles. The molecule has 2 N–H and O–H groups in total. The van der Waals surface area contributed by atoms with Crippen LogP contribution in [0.1, 0.15) is 5.56 Å². The number of carbonyl (C=O) groups is 1. The number of hydrogen-bond donors (Lipinski definition) is 1. The van der Waals surface area contributed by atoms with Gasteiger partial charge in [0, 0.05) is 0 Å². The molecular formula is C11H13F2NO3. The molecule has 0 saturated heterocycles. The second-order valence-electron chi connectivity index (χ2n) is 3.29. The van der Waals surface area contributed by atoms with E-state index in [9.17, 15) is 13.6 Å². The third kappa shape index (κ3) is 5.37. The number of alkyl halides is 2. The van der Waals surface area contributed by atoms with Crippen molar-refractivity contribution < 1.29 is 23.0 Å².